The summed E-state index contributed by atoms with van der Waals surface area (Å²) in [6.07, 6.45) is 4.83. The zero-order valence-corrected chi connectivity index (χ0v) is 12.2. The fourth-order valence-corrected chi connectivity index (χ4v) is 4.01. The predicted octanol–water partition coefficient (Wildman–Crippen LogP) is 0.0811. The smallest absolute Gasteiger partial charge is 0.211 e. The van der Waals surface area contributed by atoms with Gasteiger partial charge in [-0.1, -0.05) is 13.3 Å². The Labute approximate surface area is 110 Å². The number of nitrogens with two attached hydrogens (primary N) is 1. The van der Waals surface area contributed by atoms with Gasteiger partial charge >= 0.3 is 0 Å². The summed E-state index contributed by atoms with van der Waals surface area (Å²) in [5, 5.41) is 0. The standard InChI is InChI=1S/C12H25N3O2S/c1-12(5-3-4-11(12)13)10-14-6-8-15(9-7-14)18(2,16)17/h11H,3-10,13H2,1-2H3. The predicted molar refractivity (Wildman–Crippen MR) is 72.8 cm³/mol. The summed E-state index contributed by atoms with van der Waals surface area (Å²) in [6.45, 7) is 6.17. The van der Waals surface area contributed by atoms with E-state index in [1.807, 2.05) is 0 Å². The Morgan fingerprint density at radius 3 is 2.33 bits per heavy atom. The molecule has 0 amide bonds. The molecule has 0 bridgehead atoms. The molecule has 2 rings (SSSR count). The van der Waals surface area contributed by atoms with Crippen LogP contribution in [-0.2, 0) is 10.0 Å². The minimum absolute atomic E-state index is 0.216. The van der Waals surface area contributed by atoms with Crippen LogP contribution in [0.3, 0.4) is 0 Å². The van der Waals surface area contributed by atoms with Gasteiger partial charge in [-0.15, -0.1) is 0 Å². The lowest BCUT2D eigenvalue weighted by molar-refractivity contribution is 0.117. The van der Waals surface area contributed by atoms with E-state index in [9.17, 15) is 8.42 Å². The van der Waals surface area contributed by atoms with Crippen molar-refractivity contribution in [1.29, 1.82) is 0 Å². The normalized spacial score (nSPS) is 36.1. The Bertz CT molecular complexity index is 390. The number of hydrogen-bond acceptors (Lipinski definition) is 4. The SMILES string of the molecule is CC1(CN2CCN(S(C)(=O)=O)CC2)CCCC1N. The third-order valence-corrected chi connectivity index (χ3v) is 5.85. The Kier molecular flexibility index (Phi) is 4.02. The van der Waals surface area contributed by atoms with Crippen molar-refractivity contribution >= 4 is 10.0 Å². The highest BCUT2D eigenvalue weighted by Crippen LogP contribution is 2.37. The monoisotopic (exact) mass is 275 g/mol. The highest BCUT2D eigenvalue weighted by atomic mass is 32.2. The molecule has 106 valence electrons. The topological polar surface area (TPSA) is 66.6 Å². The number of hydrogen-bond donors (Lipinski definition) is 1. The summed E-state index contributed by atoms with van der Waals surface area (Å²) >= 11 is 0. The fraction of sp³-hybridized carbons (Fsp3) is 1.00. The van der Waals surface area contributed by atoms with Gasteiger partial charge in [0.25, 0.3) is 0 Å². The minimum atomic E-state index is -3.02. The van der Waals surface area contributed by atoms with Crippen LogP contribution in [0.25, 0.3) is 0 Å². The van der Waals surface area contributed by atoms with Gasteiger partial charge in [0.05, 0.1) is 6.26 Å². The second kappa shape index (κ2) is 5.07. The number of nitrogens with zero attached hydrogens (tertiary/aromatic N) is 2. The lowest BCUT2D eigenvalue weighted by Gasteiger charge is -2.39. The van der Waals surface area contributed by atoms with Crippen molar-refractivity contribution in [2.24, 2.45) is 11.1 Å². The molecule has 1 heterocycles. The van der Waals surface area contributed by atoms with E-state index in [2.05, 4.69) is 11.8 Å². The third-order valence-electron chi connectivity index (χ3n) is 4.54. The average molecular weight is 275 g/mol. The molecule has 2 aliphatic rings. The Hall–Kier alpha value is -0.170. The first-order valence-electron chi connectivity index (χ1n) is 6.74. The molecule has 0 aromatic heterocycles. The molecule has 2 fully saturated rings. The quantitative estimate of drug-likeness (QED) is 0.792. The van der Waals surface area contributed by atoms with Gasteiger partial charge in [0, 0.05) is 38.8 Å². The minimum Gasteiger partial charge on any atom is -0.327 e. The molecule has 18 heavy (non-hydrogen) atoms. The van der Waals surface area contributed by atoms with Gasteiger partial charge in [-0.2, -0.15) is 4.31 Å². The van der Waals surface area contributed by atoms with Gasteiger partial charge in [-0.25, -0.2) is 8.42 Å². The molecule has 2 atom stereocenters. The Morgan fingerprint density at radius 1 is 1.28 bits per heavy atom. The first-order valence-corrected chi connectivity index (χ1v) is 8.59. The molecule has 2 N–H and O–H groups in total. The first-order chi connectivity index (χ1) is 8.31. The van der Waals surface area contributed by atoms with Crippen LogP contribution in [-0.4, -0.2) is 62.6 Å². The summed E-state index contributed by atoms with van der Waals surface area (Å²) < 4.78 is 24.4. The Morgan fingerprint density at radius 2 is 1.89 bits per heavy atom. The zero-order valence-electron chi connectivity index (χ0n) is 11.4. The second-order valence-electron chi connectivity index (χ2n) is 6.09. The van der Waals surface area contributed by atoms with Gasteiger partial charge in [0.2, 0.25) is 10.0 Å². The maximum Gasteiger partial charge on any atom is 0.211 e. The largest absolute Gasteiger partial charge is 0.327 e. The maximum atomic E-state index is 11.4. The molecular formula is C12H25N3O2S. The lowest BCUT2D eigenvalue weighted by Crippen LogP contribution is -2.52. The van der Waals surface area contributed by atoms with Gasteiger partial charge in [-0.05, 0) is 18.3 Å². The van der Waals surface area contributed by atoms with E-state index < -0.39 is 10.0 Å². The molecule has 1 aliphatic heterocycles. The summed E-state index contributed by atoms with van der Waals surface area (Å²) in [6, 6.07) is 0.297. The van der Waals surface area contributed by atoms with Crippen LogP contribution in [0.4, 0.5) is 0 Å². The molecule has 5 nitrogen and oxygen atoms in total. The van der Waals surface area contributed by atoms with Gasteiger partial charge in [0.15, 0.2) is 0 Å². The van der Waals surface area contributed by atoms with E-state index in [-0.39, 0.29) is 5.41 Å². The van der Waals surface area contributed by atoms with Crippen LogP contribution in [0.5, 0.6) is 0 Å². The van der Waals surface area contributed by atoms with Crippen LogP contribution >= 0.6 is 0 Å². The lowest BCUT2D eigenvalue weighted by atomic mass is 9.84. The summed E-state index contributed by atoms with van der Waals surface area (Å²) in [7, 11) is -3.02. The van der Waals surface area contributed by atoms with Crippen molar-refractivity contribution in [3.05, 3.63) is 0 Å². The molecule has 0 aromatic carbocycles. The van der Waals surface area contributed by atoms with Crippen molar-refractivity contribution in [3.63, 3.8) is 0 Å². The van der Waals surface area contributed by atoms with Crippen molar-refractivity contribution < 1.29 is 8.42 Å². The summed E-state index contributed by atoms with van der Waals surface area (Å²) in [5.74, 6) is 0. The molecule has 0 spiro atoms. The van der Waals surface area contributed by atoms with Gasteiger partial charge in [0.1, 0.15) is 0 Å². The molecule has 0 radical (unpaired) electrons. The van der Waals surface area contributed by atoms with E-state index in [1.165, 1.54) is 19.1 Å². The fourth-order valence-electron chi connectivity index (χ4n) is 3.19. The molecule has 1 saturated heterocycles. The molecule has 1 saturated carbocycles. The highest BCUT2D eigenvalue weighted by Gasteiger charge is 2.38. The highest BCUT2D eigenvalue weighted by molar-refractivity contribution is 7.88. The van der Waals surface area contributed by atoms with E-state index in [0.717, 1.165) is 26.1 Å². The van der Waals surface area contributed by atoms with E-state index in [1.54, 1.807) is 4.31 Å². The van der Waals surface area contributed by atoms with Crippen LogP contribution in [0.2, 0.25) is 0 Å². The van der Waals surface area contributed by atoms with Crippen LogP contribution in [0, 0.1) is 5.41 Å². The maximum absolute atomic E-state index is 11.4. The zero-order chi connectivity index (χ0) is 13.4. The van der Waals surface area contributed by atoms with E-state index in [0.29, 0.717) is 19.1 Å². The molecule has 6 heteroatoms. The van der Waals surface area contributed by atoms with Crippen molar-refractivity contribution in [1.82, 2.24) is 9.21 Å². The molecular weight excluding hydrogens is 250 g/mol. The number of rotatable bonds is 3. The average Bonchev–Trinajstić information content (AvgIpc) is 2.58. The first kappa shape index (κ1) is 14.2. The molecule has 2 unspecified atom stereocenters. The summed E-state index contributed by atoms with van der Waals surface area (Å²) in [5.41, 5.74) is 6.41. The van der Waals surface area contributed by atoms with Crippen LogP contribution in [0.1, 0.15) is 26.2 Å². The Balaban J connectivity index is 1.87. The van der Waals surface area contributed by atoms with Crippen LogP contribution < -0.4 is 5.73 Å². The van der Waals surface area contributed by atoms with Crippen molar-refractivity contribution in [2.45, 2.75) is 32.2 Å². The van der Waals surface area contributed by atoms with Gasteiger partial charge in [-0.3, -0.25) is 0 Å². The van der Waals surface area contributed by atoms with Gasteiger partial charge < -0.3 is 10.6 Å². The summed E-state index contributed by atoms with van der Waals surface area (Å²) in [4.78, 5) is 2.37. The van der Waals surface area contributed by atoms with Crippen LogP contribution in [0.15, 0.2) is 0 Å². The third kappa shape index (κ3) is 3.04. The number of piperazine rings is 1. The number of sulfonamides is 1. The van der Waals surface area contributed by atoms with E-state index in [4.69, 9.17) is 5.73 Å². The molecule has 0 aromatic rings. The van der Waals surface area contributed by atoms with Crippen molar-refractivity contribution in [3.8, 4) is 0 Å². The molecule has 1 aliphatic carbocycles. The second-order valence-corrected chi connectivity index (χ2v) is 8.07. The van der Waals surface area contributed by atoms with E-state index >= 15 is 0 Å². The van der Waals surface area contributed by atoms with Crippen molar-refractivity contribution in [2.75, 3.05) is 39.0 Å².